The van der Waals surface area contributed by atoms with Gasteiger partial charge >= 0.3 is 0 Å². The molecule has 0 spiro atoms. The van der Waals surface area contributed by atoms with Gasteiger partial charge in [0.25, 0.3) is 11.7 Å². The van der Waals surface area contributed by atoms with Crippen molar-refractivity contribution in [3.63, 3.8) is 0 Å². The third-order valence-corrected chi connectivity index (χ3v) is 3.07. The first-order valence-corrected chi connectivity index (χ1v) is 6.51. The number of halogens is 1. The number of hydrogen-bond acceptors (Lipinski definition) is 3. The fourth-order valence-corrected chi connectivity index (χ4v) is 2.26. The SMILES string of the molecule is Cc1cc(F)cc2c1N(CCOC(C)(C)C)C(=O)C2=O. The van der Waals surface area contributed by atoms with E-state index in [2.05, 4.69) is 0 Å². The Morgan fingerprint density at radius 1 is 1.25 bits per heavy atom. The van der Waals surface area contributed by atoms with Gasteiger partial charge in [0.15, 0.2) is 0 Å². The van der Waals surface area contributed by atoms with Crippen LogP contribution in [0.25, 0.3) is 0 Å². The lowest BCUT2D eigenvalue weighted by Crippen LogP contribution is -2.35. The molecule has 0 N–H and O–H groups in total. The Balaban J connectivity index is 2.25. The zero-order valence-electron chi connectivity index (χ0n) is 12.1. The van der Waals surface area contributed by atoms with Gasteiger partial charge in [-0.25, -0.2) is 4.39 Å². The van der Waals surface area contributed by atoms with E-state index in [1.807, 2.05) is 20.8 Å². The third-order valence-electron chi connectivity index (χ3n) is 3.07. The highest BCUT2D eigenvalue weighted by molar-refractivity contribution is 6.52. The molecular weight excluding hydrogens is 261 g/mol. The minimum Gasteiger partial charge on any atom is -0.374 e. The smallest absolute Gasteiger partial charge is 0.299 e. The molecule has 0 aliphatic carbocycles. The topological polar surface area (TPSA) is 46.6 Å². The second-order valence-corrected chi connectivity index (χ2v) is 5.87. The third kappa shape index (κ3) is 2.72. The fraction of sp³-hybridized carbons (Fsp3) is 0.467. The van der Waals surface area contributed by atoms with E-state index in [1.165, 1.54) is 11.0 Å². The number of benzene rings is 1. The highest BCUT2D eigenvalue weighted by Gasteiger charge is 2.37. The molecule has 1 aromatic carbocycles. The second-order valence-electron chi connectivity index (χ2n) is 5.87. The average Bonchev–Trinajstić information content (AvgIpc) is 2.53. The molecule has 0 radical (unpaired) electrons. The summed E-state index contributed by atoms with van der Waals surface area (Å²) in [6.07, 6.45) is 0. The molecule has 0 bridgehead atoms. The summed E-state index contributed by atoms with van der Waals surface area (Å²) < 4.78 is 18.9. The van der Waals surface area contributed by atoms with Crippen LogP contribution in [0.2, 0.25) is 0 Å². The Kier molecular flexibility index (Phi) is 3.65. The first-order chi connectivity index (χ1) is 9.20. The standard InChI is InChI=1S/C15H18FNO3/c1-9-7-10(16)8-11-12(9)17(14(19)13(11)18)5-6-20-15(2,3)4/h7-8H,5-6H2,1-4H3. The van der Waals surface area contributed by atoms with Crippen molar-refractivity contribution in [1.29, 1.82) is 0 Å². The number of Topliss-reactive ketones (excluding diaryl/α,β-unsaturated/α-hetero) is 1. The number of fused-ring (bicyclic) bond motifs is 1. The number of carbonyl (C=O) groups excluding carboxylic acids is 2. The van der Waals surface area contributed by atoms with E-state index in [1.54, 1.807) is 6.92 Å². The predicted molar refractivity (Wildman–Crippen MR) is 73.5 cm³/mol. The quantitative estimate of drug-likeness (QED) is 0.799. The molecule has 5 heteroatoms. The molecule has 0 saturated carbocycles. The molecule has 1 heterocycles. The van der Waals surface area contributed by atoms with E-state index in [0.717, 1.165) is 6.07 Å². The van der Waals surface area contributed by atoms with E-state index < -0.39 is 17.5 Å². The van der Waals surface area contributed by atoms with Gasteiger partial charge < -0.3 is 9.64 Å². The summed E-state index contributed by atoms with van der Waals surface area (Å²) in [6.45, 7) is 8.03. The Labute approximate surface area is 117 Å². The summed E-state index contributed by atoms with van der Waals surface area (Å²) in [5.74, 6) is -1.78. The van der Waals surface area contributed by atoms with Crippen LogP contribution in [0.4, 0.5) is 10.1 Å². The first-order valence-electron chi connectivity index (χ1n) is 6.51. The van der Waals surface area contributed by atoms with Crippen molar-refractivity contribution < 1.29 is 18.7 Å². The molecule has 108 valence electrons. The first kappa shape index (κ1) is 14.7. The van der Waals surface area contributed by atoms with Crippen LogP contribution in [0.3, 0.4) is 0 Å². The molecule has 20 heavy (non-hydrogen) atoms. The minimum atomic E-state index is -0.654. The number of hydrogen-bond donors (Lipinski definition) is 0. The lowest BCUT2D eigenvalue weighted by molar-refractivity contribution is -0.114. The van der Waals surface area contributed by atoms with E-state index in [9.17, 15) is 14.0 Å². The second kappa shape index (κ2) is 4.98. The summed E-state index contributed by atoms with van der Waals surface area (Å²) in [5, 5.41) is 0. The van der Waals surface area contributed by atoms with Crippen molar-refractivity contribution in [1.82, 2.24) is 0 Å². The van der Waals surface area contributed by atoms with Crippen LogP contribution in [0.5, 0.6) is 0 Å². The average molecular weight is 279 g/mol. The summed E-state index contributed by atoms with van der Waals surface area (Å²) in [6, 6.07) is 2.44. The van der Waals surface area contributed by atoms with E-state index in [-0.39, 0.29) is 17.7 Å². The number of carbonyl (C=O) groups is 2. The monoisotopic (exact) mass is 279 g/mol. The number of nitrogens with zero attached hydrogens (tertiary/aromatic N) is 1. The van der Waals surface area contributed by atoms with Crippen LogP contribution in [0.15, 0.2) is 12.1 Å². The molecule has 4 nitrogen and oxygen atoms in total. The number of rotatable bonds is 3. The molecular formula is C15H18FNO3. The Bertz CT molecular complexity index is 575. The molecule has 0 saturated heterocycles. The van der Waals surface area contributed by atoms with Gasteiger partial charge in [-0.2, -0.15) is 0 Å². The lowest BCUT2D eigenvalue weighted by Gasteiger charge is -2.23. The Hall–Kier alpha value is -1.75. The minimum absolute atomic E-state index is 0.142. The summed E-state index contributed by atoms with van der Waals surface area (Å²) in [7, 11) is 0. The van der Waals surface area contributed by atoms with E-state index in [0.29, 0.717) is 17.9 Å². The van der Waals surface area contributed by atoms with Crippen molar-refractivity contribution in [3.05, 3.63) is 29.1 Å². The normalized spacial score (nSPS) is 14.9. The van der Waals surface area contributed by atoms with Gasteiger partial charge in [0.05, 0.1) is 23.5 Å². The summed E-state index contributed by atoms with van der Waals surface area (Å²) in [5.41, 5.74) is 0.908. The van der Waals surface area contributed by atoms with Gasteiger partial charge in [0, 0.05) is 6.54 Å². The number of ketones is 1. The van der Waals surface area contributed by atoms with Crippen LogP contribution >= 0.6 is 0 Å². The molecule has 1 aliphatic heterocycles. The molecule has 2 rings (SSSR count). The van der Waals surface area contributed by atoms with Gasteiger partial charge in [-0.05, 0) is 45.4 Å². The maximum Gasteiger partial charge on any atom is 0.299 e. The van der Waals surface area contributed by atoms with Crippen LogP contribution in [0, 0.1) is 12.7 Å². The van der Waals surface area contributed by atoms with Crippen molar-refractivity contribution in [2.45, 2.75) is 33.3 Å². The summed E-state index contributed by atoms with van der Waals surface area (Å²) in [4.78, 5) is 25.2. The Morgan fingerprint density at radius 3 is 2.50 bits per heavy atom. The molecule has 1 aliphatic rings. The predicted octanol–water partition coefficient (Wildman–Crippen LogP) is 2.48. The molecule has 0 unspecified atom stereocenters. The highest BCUT2D eigenvalue weighted by Crippen LogP contribution is 2.33. The summed E-state index contributed by atoms with van der Waals surface area (Å²) >= 11 is 0. The molecule has 0 fully saturated rings. The van der Waals surface area contributed by atoms with Gasteiger partial charge in [-0.15, -0.1) is 0 Å². The maximum absolute atomic E-state index is 13.4. The largest absolute Gasteiger partial charge is 0.374 e. The van der Waals surface area contributed by atoms with Crippen molar-refractivity contribution in [2.75, 3.05) is 18.1 Å². The van der Waals surface area contributed by atoms with Crippen molar-refractivity contribution >= 4 is 17.4 Å². The van der Waals surface area contributed by atoms with Gasteiger partial charge in [-0.3, -0.25) is 9.59 Å². The van der Waals surface area contributed by atoms with Gasteiger partial charge in [-0.1, -0.05) is 0 Å². The Morgan fingerprint density at radius 2 is 1.90 bits per heavy atom. The number of amides is 1. The zero-order chi connectivity index (χ0) is 15.1. The van der Waals surface area contributed by atoms with Crippen molar-refractivity contribution in [3.8, 4) is 0 Å². The van der Waals surface area contributed by atoms with E-state index >= 15 is 0 Å². The molecule has 0 aromatic heterocycles. The van der Waals surface area contributed by atoms with Crippen LogP contribution < -0.4 is 4.90 Å². The molecule has 0 atom stereocenters. The number of ether oxygens (including phenoxy) is 1. The van der Waals surface area contributed by atoms with Crippen molar-refractivity contribution in [2.24, 2.45) is 0 Å². The zero-order valence-corrected chi connectivity index (χ0v) is 12.1. The number of anilines is 1. The van der Waals surface area contributed by atoms with E-state index in [4.69, 9.17) is 4.74 Å². The maximum atomic E-state index is 13.4. The molecule has 1 amide bonds. The van der Waals surface area contributed by atoms with Crippen LogP contribution in [0.1, 0.15) is 36.7 Å². The number of aryl methyl sites for hydroxylation is 1. The van der Waals surface area contributed by atoms with Crippen LogP contribution in [-0.2, 0) is 9.53 Å². The highest BCUT2D eigenvalue weighted by atomic mass is 19.1. The molecule has 1 aromatic rings. The van der Waals surface area contributed by atoms with Crippen LogP contribution in [-0.4, -0.2) is 30.4 Å². The van der Waals surface area contributed by atoms with Gasteiger partial charge in [0.2, 0.25) is 0 Å². The lowest BCUT2D eigenvalue weighted by atomic mass is 10.1. The van der Waals surface area contributed by atoms with Gasteiger partial charge in [0.1, 0.15) is 5.82 Å². The fourth-order valence-electron chi connectivity index (χ4n) is 2.26.